The van der Waals surface area contributed by atoms with Crippen molar-refractivity contribution in [2.24, 2.45) is 16.8 Å². The molecular formula is C22H24F3N3O2S. The SMILES string of the molecule is CC(=O)N1N=C(c2cccc(C(F)(F)F)c2)SC12c1ccccc1OCC2C.CCN. The first-order valence-corrected chi connectivity index (χ1v) is 10.6. The molecule has 166 valence electrons. The van der Waals surface area contributed by atoms with E-state index in [-0.39, 0.29) is 11.8 Å². The summed E-state index contributed by atoms with van der Waals surface area (Å²) in [5.74, 6) is 0.251. The number of alkyl halides is 3. The highest BCUT2D eigenvalue weighted by Gasteiger charge is 2.55. The van der Waals surface area contributed by atoms with Gasteiger partial charge in [0.25, 0.3) is 0 Å². The van der Waals surface area contributed by atoms with Gasteiger partial charge in [0.1, 0.15) is 10.8 Å². The number of hydrogen-bond donors (Lipinski definition) is 1. The van der Waals surface area contributed by atoms with Crippen LogP contribution in [0.15, 0.2) is 53.6 Å². The lowest BCUT2D eigenvalue weighted by Gasteiger charge is -2.43. The zero-order valence-corrected chi connectivity index (χ0v) is 18.3. The van der Waals surface area contributed by atoms with Gasteiger partial charge in [0.2, 0.25) is 5.91 Å². The zero-order valence-electron chi connectivity index (χ0n) is 17.4. The van der Waals surface area contributed by atoms with Gasteiger partial charge in [-0.05, 0) is 24.7 Å². The summed E-state index contributed by atoms with van der Waals surface area (Å²) in [6.45, 7) is 6.38. The molecule has 4 rings (SSSR count). The molecule has 0 saturated carbocycles. The number of benzene rings is 2. The lowest BCUT2D eigenvalue weighted by atomic mass is 9.90. The molecule has 2 N–H and O–H groups in total. The molecule has 5 nitrogen and oxygen atoms in total. The number of fused-ring (bicyclic) bond motifs is 2. The molecule has 0 fully saturated rings. The monoisotopic (exact) mass is 451 g/mol. The molecule has 31 heavy (non-hydrogen) atoms. The molecule has 2 aliphatic heterocycles. The van der Waals surface area contributed by atoms with E-state index in [9.17, 15) is 18.0 Å². The molecule has 9 heteroatoms. The Hall–Kier alpha value is -2.52. The summed E-state index contributed by atoms with van der Waals surface area (Å²) < 4.78 is 45.2. The van der Waals surface area contributed by atoms with Gasteiger partial charge < -0.3 is 10.5 Å². The normalized spacial score (nSPS) is 22.2. The topological polar surface area (TPSA) is 67.9 Å². The highest BCUT2D eigenvalue weighted by Crippen LogP contribution is 2.56. The van der Waals surface area contributed by atoms with Crippen LogP contribution in [-0.2, 0) is 15.8 Å². The van der Waals surface area contributed by atoms with Crippen LogP contribution >= 0.6 is 11.8 Å². The summed E-state index contributed by atoms with van der Waals surface area (Å²) in [5, 5.41) is 6.22. The van der Waals surface area contributed by atoms with Crippen molar-refractivity contribution < 1.29 is 22.7 Å². The van der Waals surface area contributed by atoms with Gasteiger partial charge >= 0.3 is 6.18 Å². The fourth-order valence-corrected chi connectivity index (χ4v) is 5.05. The molecule has 0 aliphatic carbocycles. The van der Waals surface area contributed by atoms with Crippen molar-refractivity contribution in [1.29, 1.82) is 0 Å². The third-order valence-electron chi connectivity index (χ3n) is 4.92. The molecule has 2 unspecified atom stereocenters. The van der Waals surface area contributed by atoms with Gasteiger partial charge in [-0.15, -0.1) is 0 Å². The van der Waals surface area contributed by atoms with Crippen LogP contribution < -0.4 is 10.5 Å². The number of rotatable bonds is 1. The van der Waals surface area contributed by atoms with Crippen LogP contribution in [0.4, 0.5) is 13.2 Å². The highest BCUT2D eigenvalue weighted by molar-refractivity contribution is 8.15. The van der Waals surface area contributed by atoms with Crippen molar-refractivity contribution in [2.75, 3.05) is 13.2 Å². The first kappa shape index (κ1) is 23.1. The van der Waals surface area contributed by atoms with Crippen molar-refractivity contribution in [2.45, 2.75) is 31.8 Å². The predicted molar refractivity (Wildman–Crippen MR) is 116 cm³/mol. The first-order valence-electron chi connectivity index (χ1n) is 9.83. The Labute approximate surface area is 183 Å². The van der Waals surface area contributed by atoms with Crippen molar-refractivity contribution in [3.05, 3.63) is 65.2 Å². The van der Waals surface area contributed by atoms with E-state index in [1.54, 1.807) is 6.07 Å². The number of halogens is 3. The van der Waals surface area contributed by atoms with Crippen molar-refractivity contribution in [3.8, 4) is 5.75 Å². The van der Waals surface area contributed by atoms with Crippen molar-refractivity contribution in [3.63, 3.8) is 0 Å². The minimum Gasteiger partial charge on any atom is -0.493 e. The van der Waals surface area contributed by atoms with Crippen LogP contribution in [0.3, 0.4) is 0 Å². The average Bonchev–Trinajstić information content (AvgIpc) is 3.13. The molecule has 2 aliphatic rings. The average molecular weight is 452 g/mol. The largest absolute Gasteiger partial charge is 0.493 e. The summed E-state index contributed by atoms with van der Waals surface area (Å²) in [7, 11) is 0. The van der Waals surface area contributed by atoms with Gasteiger partial charge in [-0.2, -0.15) is 18.3 Å². The second kappa shape index (κ2) is 8.92. The number of nitrogens with zero attached hydrogens (tertiary/aromatic N) is 2. The molecule has 1 spiro atoms. The van der Waals surface area contributed by atoms with E-state index >= 15 is 0 Å². The standard InChI is InChI=1S/C20H17F3N2O2S.C2H7N/c1-12-11-27-17-9-4-3-8-16(17)19(12)25(13(2)26)24-18(28-19)14-6-5-7-15(10-14)20(21,22)23;1-2-3/h3-10,12H,11H2,1-2H3;2-3H2,1H3. The Morgan fingerprint density at radius 2 is 1.97 bits per heavy atom. The van der Waals surface area contributed by atoms with Crippen molar-refractivity contribution in [1.82, 2.24) is 5.01 Å². The molecular weight excluding hydrogens is 427 g/mol. The van der Waals surface area contributed by atoms with Gasteiger partial charge in [0.05, 0.1) is 12.2 Å². The molecule has 2 aromatic rings. The lowest BCUT2D eigenvalue weighted by Crippen LogP contribution is -2.49. The van der Waals surface area contributed by atoms with Crippen LogP contribution in [0.5, 0.6) is 5.75 Å². The van der Waals surface area contributed by atoms with Gasteiger partial charge in [-0.25, -0.2) is 5.01 Å². The molecule has 0 bridgehead atoms. The summed E-state index contributed by atoms with van der Waals surface area (Å²) >= 11 is 1.30. The Bertz CT molecular complexity index is 996. The van der Waals surface area contributed by atoms with Crippen LogP contribution in [-0.4, -0.2) is 29.1 Å². The van der Waals surface area contributed by atoms with Crippen LogP contribution in [0, 0.1) is 5.92 Å². The van der Waals surface area contributed by atoms with E-state index in [1.165, 1.54) is 29.8 Å². The molecule has 2 aromatic carbocycles. The minimum atomic E-state index is -4.45. The second-order valence-electron chi connectivity index (χ2n) is 7.23. The fraction of sp³-hybridized carbons (Fsp3) is 0.364. The number of thioether (sulfide) groups is 1. The maximum atomic E-state index is 13.1. The Morgan fingerprint density at radius 3 is 2.61 bits per heavy atom. The van der Waals surface area contributed by atoms with Crippen LogP contribution in [0.1, 0.15) is 37.5 Å². The Kier molecular flexibility index (Phi) is 6.66. The van der Waals surface area contributed by atoms with E-state index in [0.29, 0.717) is 23.0 Å². The quantitative estimate of drug-likeness (QED) is 0.676. The molecule has 0 saturated heterocycles. The maximum absolute atomic E-state index is 13.1. The smallest absolute Gasteiger partial charge is 0.416 e. The molecule has 0 aromatic heterocycles. The number of nitrogens with two attached hydrogens (primary N) is 1. The molecule has 2 heterocycles. The van der Waals surface area contributed by atoms with Gasteiger partial charge in [-0.1, -0.05) is 55.9 Å². The molecule has 0 radical (unpaired) electrons. The number of carbonyl (C=O) groups excluding carboxylic acids is 1. The number of carbonyl (C=O) groups is 1. The second-order valence-corrected chi connectivity index (χ2v) is 8.44. The number of ether oxygens (including phenoxy) is 1. The highest BCUT2D eigenvalue weighted by atomic mass is 32.2. The number of hydrogen-bond acceptors (Lipinski definition) is 5. The summed E-state index contributed by atoms with van der Waals surface area (Å²) in [5.41, 5.74) is 5.22. The van der Waals surface area contributed by atoms with Crippen molar-refractivity contribution >= 4 is 22.7 Å². The molecule has 2 atom stereocenters. The zero-order chi connectivity index (χ0) is 22.8. The van der Waals surface area contributed by atoms with E-state index in [4.69, 9.17) is 10.5 Å². The molecule has 1 amide bonds. The van der Waals surface area contributed by atoms with Gasteiger partial charge in [0, 0.05) is 24.0 Å². The minimum absolute atomic E-state index is 0.122. The third kappa shape index (κ3) is 4.29. The van der Waals surface area contributed by atoms with Gasteiger partial charge in [0.15, 0.2) is 4.87 Å². The fourth-order valence-electron chi connectivity index (χ4n) is 3.59. The third-order valence-corrected chi connectivity index (χ3v) is 6.54. The van der Waals surface area contributed by atoms with E-state index < -0.39 is 16.6 Å². The van der Waals surface area contributed by atoms with Gasteiger partial charge in [-0.3, -0.25) is 4.79 Å². The summed E-state index contributed by atoms with van der Waals surface area (Å²) in [6, 6.07) is 12.4. The number of para-hydroxylation sites is 1. The Morgan fingerprint density at radius 1 is 1.29 bits per heavy atom. The number of amides is 1. The number of hydrazone groups is 1. The van der Waals surface area contributed by atoms with E-state index in [1.807, 2.05) is 38.1 Å². The summed E-state index contributed by atoms with van der Waals surface area (Å²) in [4.78, 5) is 11.6. The van der Waals surface area contributed by atoms with E-state index in [2.05, 4.69) is 5.10 Å². The lowest BCUT2D eigenvalue weighted by molar-refractivity contribution is -0.137. The van der Waals surface area contributed by atoms with Crippen LogP contribution in [0.25, 0.3) is 0 Å². The summed E-state index contributed by atoms with van der Waals surface area (Å²) in [6.07, 6.45) is -4.45. The maximum Gasteiger partial charge on any atom is 0.416 e. The first-order chi connectivity index (χ1) is 14.6. The predicted octanol–water partition coefficient (Wildman–Crippen LogP) is 4.81. The van der Waals surface area contributed by atoms with E-state index in [0.717, 1.165) is 24.2 Å². The van der Waals surface area contributed by atoms with Crippen LogP contribution in [0.2, 0.25) is 0 Å². The Balaban J connectivity index is 0.000000858.